The highest BCUT2D eigenvalue weighted by Crippen LogP contribution is 2.23. The molecule has 1 fully saturated rings. The number of ether oxygens (including phenoxy) is 1. The van der Waals surface area contributed by atoms with Crippen molar-refractivity contribution in [2.75, 3.05) is 6.54 Å². The van der Waals surface area contributed by atoms with Gasteiger partial charge in [0.15, 0.2) is 0 Å². The van der Waals surface area contributed by atoms with E-state index in [-0.39, 0.29) is 11.9 Å². The first-order chi connectivity index (χ1) is 8.29. The molecule has 2 unspecified atom stereocenters. The largest absolute Gasteiger partial charge is 0.373 e. The Morgan fingerprint density at radius 1 is 1.35 bits per heavy atom. The number of hydrogen-bond acceptors (Lipinski definition) is 2. The SMILES string of the molecule is CCNC1CCC(OCc2ccccc2F)C1. The molecule has 1 aliphatic rings. The Labute approximate surface area is 102 Å². The molecule has 0 aliphatic heterocycles. The molecule has 0 spiro atoms. The third-order valence-electron chi connectivity index (χ3n) is 3.31. The summed E-state index contributed by atoms with van der Waals surface area (Å²) in [7, 11) is 0. The Bertz CT molecular complexity index is 356. The molecule has 1 aromatic carbocycles. The molecule has 2 rings (SSSR count). The minimum absolute atomic E-state index is 0.172. The number of hydrogen-bond donors (Lipinski definition) is 1. The third-order valence-corrected chi connectivity index (χ3v) is 3.31. The van der Waals surface area contributed by atoms with Gasteiger partial charge in [0.25, 0.3) is 0 Å². The van der Waals surface area contributed by atoms with Crippen LogP contribution >= 0.6 is 0 Å². The molecule has 3 heteroatoms. The van der Waals surface area contributed by atoms with Gasteiger partial charge in [-0.2, -0.15) is 0 Å². The molecule has 1 N–H and O–H groups in total. The summed E-state index contributed by atoms with van der Waals surface area (Å²) < 4.78 is 19.1. The van der Waals surface area contributed by atoms with Gasteiger partial charge in [-0.05, 0) is 31.9 Å². The Morgan fingerprint density at radius 3 is 2.94 bits per heavy atom. The second-order valence-corrected chi connectivity index (χ2v) is 4.59. The number of benzene rings is 1. The molecule has 0 aromatic heterocycles. The maximum absolute atomic E-state index is 13.4. The van der Waals surface area contributed by atoms with Crippen molar-refractivity contribution in [2.45, 2.75) is 44.9 Å². The van der Waals surface area contributed by atoms with E-state index in [1.54, 1.807) is 12.1 Å². The van der Waals surface area contributed by atoms with Gasteiger partial charge in [-0.25, -0.2) is 4.39 Å². The van der Waals surface area contributed by atoms with E-state index in [1.165, 1.54) is 6.07 Å². The third kappa shape index (κ3) is 3.51. The van der Waals surface area contributed by atoms with E-state index in [1.807, 2.05) is 6.07 Å². The van der Waals surface area contributed by atoms with Crippen LogP contribution in [0, 0.1) is 5.82 Å². The lowest BCUT2D eigenvalue weighted by molar-refractivity contribution is 0.0426. The fraction of sp³-hybridized carbons (Fsp3) is 0.571. The molecule has 2 nitrogen and oxygen atoms in total. The summed E-state index contributed by atoms with van der Waals surface area (Å²) in [6.07, 6.45) is 3.56. The Morgan fingerprint density at radius 2 is 2.18 bits per heavy atom. The average Bonchev–Trinajstić information content (AvgIpc) is 2.76. The predicted molar refractivity (Wildman–Crippen MR) is 66.3 cm³/mol. The standard InChI is InChI=1S/C14H20FNO/c1-2-16-12-7-8-13(9-12)17-10-11-5-3-4-6-14(11)15/h3-6,12-13,16H,2,7-10H2,1H3. The van der Waals surface area contributed by atoms with E-state index in [0.29, 0.717) is 18.2 Å². The van der Waals surface area contributed by atoms with Crippen molar-refractivity contribution in [1.29, 1.82) is 0 Å². The average molecular weight is 237 g/mol. The van der Waals surface area contributed by atoms with Crippen LogP contribution in [-0.2, 0) is 11.3 Å². The summed E-state index contributed by atoms with van der Waals surface area (Å²) in [4.78, 5) is 0. The van der Waals surface area contributed by atoms with Crippen LogP contribution in [0.4, 0.5) is 4.39 Å². The lowest BCUT2D eigenvalue weighted by Gasteiger charge is -2.13. The number of nitrogens with one attached hydrogen (secondary N) is 1. The van der Waals surface area contributed by atoms with Crippen molar-refractivity contribution in [3.8, 4) is 0 Å². The van der Waals surface area contributed by atoms with Crippen LogP contribution in [0.2, 0.25) is 0 Å². The molecule has 17 heavy (non-hydrogen) atoms. The quantitative estimate of drug-likeness (QED) is 0.850. The molecule has 94 valence electrons. The van der Waals surface area contributed by atoms with Gasteiger partial charge in [0.05, 0.1) is 12.7 Å². The van der Waals surface area contributed by atoms with Crippen LogP contribution in [0.15, 0.2) is 24.3 Å². The summed E-state index contributed by atoms with van der Waals surface area (Å²) >= 11 is 0. The van der Waals surface area contributed by atoms with Crippen LogP contribution in [0.25, 0.3) is 0 Å². The maximum Gasteiger partial charge on any atom is 0.128 e. The molecule has 0 amide bonds. The molecular weight excluding hydrogens is 217 g/mol. The highest BCUT2D eigenvalue weighted by molar-refractivity contribution is 5.16. The van der Waals surface area contributed by atoms with E-state index in [4.69, 9.17) is 4.74 Å². The van der Waals surface area contributed by atoms with Gasteiger partial charge >= 0.3 is 0 Å². The summed E-state index contributed by atoms with van der Waals surface area (Å²) in [6.45, 7) is 3.51. The van der Waals surface area contributed by atoms with Crippen molar-refractivity contribution in [2.24, 2.45) is 0 Å². The molecule has 1 aliphatic carbocycles. The number of halogens is 1. The molecule has 2 atom stereocenters. The second-order valence-electron chi connectivity index (χ2n) is 4.59. The van der Waals surface area contributed by atoms with Crippen LogP contribution in [0.1, 0.15) is 31.7 Å². The highest BCUT2D eigenvalue weighted by atomic mass is 19.1. The first-order valence-electron chi connectivity index (χ1n) is 6.38. The van der Waals surface area contributed by atoms with Crippen LogP contribution < -0.4 is 5.32 Å². The Kier molecular flexibility index (Phi) is 4.51. The molecule has 1 aromatic rings. The van der Waals surface area contributed by atoms with E-state index in [2.05, 4.69) is 12.2 Å². The van der Waals surface area contributed by atoms with Crippen molar-refractivity contribution < 1.29 is 9.13 Å². The van der Waals surface area contributed by atoms with Crippen LogP contribution in [0.5, 0.6) is 0 Å². The first-order valence-corrected chi connectivity index (χ1v) is 6.38. The summed E-state index contributed by atoms with van der Waals surface area (Å²) in [6, 6.07) is 7.39. The zero-order chi connectivity index (χ0) is 12.1. The highest BCUT2D eigenvalue weighted by Gasteiger charge is 2.24. The minimum atomic E-state index is -0.172. The van der Waals surface area contributed by atoms with Crippen molar-refractivity contribution in [3.05, 3.63) is 35.6 Å². The minimum Gasteiger partial charge on any atom is -0.373 e. The normalized spacial score (nSPS) is 24.1. The number of rotatable bonds is 5. The van der Waals surface area contributed by atoms with E-state index in [0.717, 1.165) is 25.8 Å². The zero-order valence-electron chi connectivity index (χ0n) is 10.3. The van der Waals surface area contributed by atoms with Gasteiger partial charge in [0, 0.05) is 11.6 Å². The Balaban J connectivity index is 1.78. The van der Waals surface area contributed by atoms with Crippen LogP contribution in [-0.4, -0.2) is 18.7 Å². The fourth-order valence-electron chi connectivity index (χ4n) is 2.39. The topological polar surface area (TPSA) is 21.3 Å². The van der Waals surface area contributed by atoms with E-state index < -0.39 is 0 Å². The summed E-state index contributed by atoms with van der Waals surface area (Å²) in [5.41, 5.74) is 0.652. The first kappa shape index (κ1) is 12.5. The molecule has 1 saturated carbocycles. The molecule has 0 bridgehead atoms. The maximum atomic E-state index is 13.4. The fourth-order valence-corrected chi connectivity index (χ4v) is 2.39. The van der Waals surface area contributed by atoms with Gasteiger partial charge in [0.1, 0.15) is 5.82 Å². The summed E-state index contributed by atoms with van der Waals surface area (Å²) in [5.74, 6) is -0.172. The van der Waals surface area contributed by atoms with Crippen molar-refractivity contribution >= 4 is 0 Å². The Hall–Kier alpha value is -0.930. The van der Waals surface area contributed by atoms with Crippen molar-refractivity contribution in [1.82, 2.24) is 5.32 Å². The lowest BCUT2D eigenvalue weighted by atomic mass is 10.2. The molecule has 0 heterocycles. The summed E-state index contributed by atoms with van der Waals surface area (Å²) in [5, 5.41) is 3.43. The lowest BCUT2D eigenvalue weighted by Crippen LogP contribution is -2.26. The van der Waals surface area contributed by atoms with E-state index in [9.17, 15) is 4.39 Å². The van der Waals surface area contributed by atoms with Gasteiger partial charge in [-0.1, -0.05) is 25.1 Å². The van der Waals surface area contributed by atoms with Crippen LogP contribution in [0.3, 0.4) is 0 Å². The molecule has 0 saturated heterocycles. The molecule has 0 radical (unpaired) electrons. The van der Waals surface area contributed by atoms with Gasteiger partial charge in [-0.3, -0.25) is 0 Å². The van der Waals surface area contributed by atoms with Gasteiger partial charge < -0.3 is 10.1 Å². The van der Waals surface area contributed by atoms with Crippen molar-refractivity contribution in [3.63, 3.8) is 0 Å². The van der Waals surface area contributed by atoms with Gasteiger partial charge in [-0.15, -0.1) is 0 Å². The van der Waals surface area contributed by atoms with E-state index >= 15 is 0 Å². The monoisotopic (exact) mass is 237 g/mol. The second kappa shape index (κ2) is 6.12. The smallest absolute Gasteiger partial charge is 0.128 e. The molecular formula is C14H20FNO. The predicted octanol–water partition coefficient (Wildman–Crippen LogP) is 2.87. The zero-order valence-corrected chi connectivity index (χ0v) is 10.3. The van der Waals surface area contributed by atoms with Gasteiger partial charge in [0.2, 0.25) is 0 Å².